The number of urea groups is 1. The van der Waals surface area contributed by atoms with Gasteiger partial charge in [-0.05, 0) is 41.1 Å². The quantitative estimate of drug-likeness (QED) is 0.364. The Morgan fingerprint density at radius 1 is 0.971 bits per heavy atom. The number of fused-ring (bicyclic) bond motifs is 1. The monoisotopic (exact) mass is 569 g/mol. The summed E-state index contributed by atoms with van der Waals surface area (Å²) in [4.78, 5) is 18.6. The third-order valence-electron chi connectivity index (χ3n) is 5.14. The van der Waals surface area contributed by atoms with E-state index in [2.05, 4.69) is 15.6 Å². The van der Waals surface area contributed by atoms with Crippen LogP contribution in [0.3, 0.4) is 0 Å². The van der Waals surface area contributed by atoms with Gasteiger partial charge < -0.3 is 10.2 Å². The van der Waals surface area contributed by atoms with Crippen LogP contribution in [0, 0.1) is 0 Å². The SMILES string of the molecule is O=C(Nc1nc2ccc(N(S(=O)(=O)c3cccs3)S(=O)(=O)c3cccs3)cc2s1)N1CCNCC1. The van der Waals surface area contributed by atoms with Crippen LogP contribution in [-0.4, -0.2) is 58.9 Å². The molecule has 2 N–H and O–H groups in total. The number of piperazine rings is 1. The van der Waals surface area contributed by atoms with Gasteiger partial charge in [0.05, 0.1) is 15.9 Å². The van der Waals surface area contributed by atoms with E-state index in [1.54, 1.807) is 33.9 Å². The van der Waals surface area contributed by atoms with E-state index in [1.807, 2.05) is 0 Å². The van der Waals surface area contributed by atoms with E-state index in [0.29, 0.717) is 45.2 Å². The molecule has 2 amide bonds. The highest BCUT2D eigenvalue weighted by molar-refractivity contribution is 8.11. The van der Waals surface area contributed by atoms with Gasteiger partial charge >= 0.3 is 6.03 Å². The molecule has 0 spiro atoms. The fourth-order valence-corrected chi connectivity index (χ4v) is 10.5. The molecule has 0 unspecified atom stereocenters. The van der Waals surface area contributed by atoms with Gasteiger partial charge in [-0.3, -0.25) is 5.32 Å². The van der Waals surface area contributed by atoms with Crippen LogP contribution in [0.4, 0.5) is 15.6 Å². The fraction of sp³-hybridized carbons (Fsp3) is 0.200. The van der Waals surface area contributed by atoms with E-state index in [4.69, 9.17) is 0 Å². The Labute approximate surface area is 213 Å². The number of hydrogen-bond donors (Lipinski definition) is 2. The lowest BCUT2D eigenvalue weighted by atomic mass is 10.3. The Kier molecular flexibility index (Phi) is 6.54. The molecule has 1 aromatic carbocycles. The lowest BCUT2D eigenvalue weighted by Crippen LogP contribution is -2.48. The number of sulfonamides is 2. The number of thiazole rings is 1. The second-order valence-electron chi connectivity index (χ2n) is 7.41. The summed E-state index contributed by atoms with van der Waals surface area (Å²) in [6.45, 7) is 2.59. The largest absolute Gasteiger partial charge is 0.323 e. The second kappa shape index (κ2) is 9.48. The molecule has 1 aliphatic rings. The maximum Gasteiger partial charge on any atom is 0.323 e. The van der Waals surface area contributed by atoms with Gasteiger partial charge in [0.2, 0.25) is 0 Å². The molecule has 1 fully saturated rings. The molecule has 0 radical (unpaired) electrons. The lowest BCUT2D eigenvalue weighted by Gasteiger charge is -2.26. The molecule has 1 aliphatic heterocycles. The van der Waals surface area contributed by atoms with Crippen LogP contribution in [0.25, 0.3) is 10.2 Å². The fourth-order valence-electron chi connectivity index (χ4n) is 3.51. The highest BCUT2D eigenvalue weighted by Crippen LogP contribution is 2.37. The minimum Gasteiger partial charge on any atom is -0.322 e. The van der Waals surface area contributed by atoms with Crippen LogP contribution in [-0.2, 0) is 20.0 Å². The molecule has 5 rings (SSSR count). The van der Waals surface area contributed by atoms with E-state index >= 15 is 0 Å². The molecular weight excluding hydrogens is 551 g/mol. The first-order chi connectivity index (χ1) is 16.8. The molecule has 0 saturated carbocycles. The van der Waals surface area contributed by atoms with Gasteiger partial charge in [0.15, 0.2) is 5.13 Å². The molecule has 0 bridgehead atoms. The summed E-state index contributed by atoms with van der Waals surface area (Å²) in [5.41, 5.74) is 0.472. The number of hydrogen-bond acceptors (Lipinski definition) is 10. The third kappa shape index (κ3) is 4.66. The van der Waals surface area contributed by atoms with Gasteiger partial charge in [-0.2, -0.15) is 20.5 Å². The first kappa shape index (κ1) is 24.1. The van der Waals surface area contributed by atoms with Gasteiger partial charge in [-0.1, -0.05) is 23.5 Å². The summed E-state index contributed by atoms with van der Waals surface area (Å²) in [6.07, 6.45) is 0. The minimum atomic E-state index is -4.42. The van der Waals surface area contributed by atoms with E-state index in [0.717, 1.165) is 34.0 Å². The summed E-state index contributed by atoms with van der Waals surface area (Å²) < 4.78 is 54.7. The van der Waals surface area contributed by atoms with Crippen LogP contribution < -0.4 is 14.3 Å². The van der Waals surface area contributed by atoms with Crippen molar-refractivity contribution in [2.75, 3.05) is 35.2 Å². The summed E-state index contributed by atoms with van der Waals surface area (Å²) in [6, 6.07) is 9.97. The van der Waals surface area contributed by atoms with Gasteiger partial charge in [-0.15, -0.1) is 22.7 Å². The Morgan fingerprint density at radius 3 is 2.17 bits per heavy atom. The second-order valence-corrected chi connectivity index (χ2v) is 14.6. The highest BCUT2D eigenvalue weighted by atomic mass is 32.3. The Morgan fingerprint density at radius 2 is 1.60 bits per heavy atom. The lowest BCUT2D eigenvalue weighted by molar-refractivity contribution is 0.204. The van der Waals surface area contributed by atoms with Crippen LogP contribution in [0.15, 0.2) is 61.6 Å². The minimum absolute atomic E-state index is 0.0390. The molecule has 4 aromatic rings. The zero-order valence-electron chi connectivity index (χ0n) is 17.9. The molecule has 3 aromatic heterocycles. The van der Waals surface area contributed by atoms with Gasteiger partial charge in [-0.25, -0.2) is 9.78 Å². The maximum absolute atomic E-state index is 13.5. The zero-order valence-corrected chi connectivity index (χ0v) is 22.0. The number of anilines is 2. The normalized spacial score (nSPS) is 14.8. The standard InChI is InChI=1S/C20H19N5O5S5/c26-20(24-9-7-21-8-10-24)23-19-22-15-6-5-14(13-16(15)33-19)25(34(27,28)17-3-1-11-31-17)35(29,30)18-4-2-12-32-18/h1-6,11-13,21H,7-10H2,(H,22,23,26). The van der Waals surface area contributed by atoms with Crippen molar-refractivity contribution in [2.24, 2.45) is 0 Å². The molecule has 0 aliphatic carbocycles. The van der Waals surface area contributed by atoms with Crippen molar-refractivity contribution >= 4 is 81.1 Å². The first-order valence-corrected chi connectivity index (χ1v) is 15.8. The number of aromatic nitrogens is 1. The van der Waals surface area contributed by atoms with Crippen LogP contribution in [0.5, 0.6) is 0 Å². The summed E-state index contributed by atoms with van der Waals surface area (Å²) in [7, 11) is -8.83. The number of carbonyl (C=O) groups excluding carboxylic acids is 1. The summed E-state index contributed by atoms with van der Waals surface area (Å²) in [5, 5.41) is 9.44. The van der Waals surface area contributed by atoms with Crippen molar-refractivity contribution in [1.82, 2.24) is 15.2 Å². The molecular formula is C20H19N5O5S5. The van der Waals surface area contributed by atoms with Crippen LogP contribution >= 0.6 is 34.0 Å². The van der Waals surface area contributed by atoms with E-state index in [-0.39, 0.29) is 20.1 Å². The molecule has 184 valence electrons. The molecule has 4 heterocycles. The molecule has 1 saturated heterocycles. The maximum atomic E-state index is 13.5. The zero-order chi connectivity index (χ0) is 24.6. The van der Waals surface area contributed by atoms with Gasteiger partial charge in [0.1, 0.15) is 8.42 Å². The van der Waals surface area contributed by atoms with Crippen molar-refractivity contribution in [3.05, 3.63) is 53.2 Å². The number of amides is 2. The predicted molar refractivity (Wildman–Crippen MR) is 139 cm³/mol. The van der Waals surface area contributed by atoms with E-state index < -0.39 is 20.0 Å². The van der Waals surface area contributed by atoms with Crippen molar-refractivity contribution in [3.8, 4) is 0 Å². The van der Waals surface area contributed by atoms with Crippen LogP contribution in [0.2, 0.25) is 0 Å². The summed E-state index contributed by atoms with van der Waals surface area (Å²) in [5.74, 6) is 0. The van der Waals surface area contributed by atoms with Crippen molar-refractivity contribution in [3.63, 3.8) is 0 Å². The number of nitrogens with one attached hydrogen (secondary N) is 2. The van der Waals surface area contributed by atoms with Crippen molar-refractivity contribution in [2.45, 2.75) is 8.42 Å². The number of carbonyl (C=O) groups is 1. The molecule has 0 atom stereocenters. The van der Waals surface area contributed by atoms with Crippen molar-refractivity contribution < 1.29 is 21.6 Å². The van der Waals surface area contributed by atoms with Gasteiger partial charge in [0.25, 0.3) is 20.0 Å². The topological polar surface area (TPSA) is 129 Å². The Bertz CT molecular complexity index is 1490. The highest BCUT2D eigenvalue weighted by Gasteiger charge is 2.38. The van der Waals surface area contributed by atoms with E-state index in [9.17, 15) is 21.6 Å². The molecule has 15 heteroatoms. The first-order valence-electron chi connectivity index (χ1n) is 10.3. The number of thiophene rings is 2. The average Bonchev–Trinajstić information content (AvgIpc) is 3.61. The van der Waals surface area contributed by atoms with Crippen LogP contribution in [0.1, 0.15) is 0 Å². The Hall–Kier alpha value is -2.56. The third-order valence-corrected chi connectivity index (χ3v) is 13.0. The molecule has 10 nitrogen and oxygen atoms in total. The van der Waals surface area contributed by atoms with E-state index in [1.165, 1.54) is 24.3 Å². The number of nitrogens with zero attached hydrogens (tertiary/aromatic N) is 3. The number of benzene rings is 1. The summed E-state index contributed by atoms with van der Waals surface area (Å²) >= 11 is 3.02. The predicted octanol–water partition coefficient (Wildman–Crippen LogP) is 3.44. The molecule has 35 heavy (non-hydrogen) atoms. The average molecular weight is 570 g/mol. The smallest absolute Gasteiger partial charge is 0.322 e. The van der Waals surface area contributed by atoms with Crippen molar-refractivity contribution in [1.29, 1.82) is 0 Å². The Balaban J connectivity index is 1.54. The van der Waals surface area contributed by atoms with Gasteiger partial charge in [0, 0.05) is 26.2 Å². The number of rotatable bonds is 6.